The highest BCUT2D eigenvalue weighted by molar-refractivity contribution is 7.91. The number of anilines is 4. The van der Waals surface area contributed by atoms with Gasteiger partial charge in [-0.25, -0.2) is 8.42 Å². The van der Waals surface area contributed by atoms with Crippen molar-refractivity contribution in [2.75, 3.05) is 21.3 Å². The van der Waals surface area contributed by atoms with Crippen LogP contribution in [0.1, 0.15) is 0 Å². The molecule has 0 aliphatic heterocycles. The molecule has 0 unspecified atom stereocenters. The van der Waals surface area contributed by atoms with E-state index in [0.717, 1.165) is 11.4 Å². The van der Waals surface area contributed by atoms with Gasteiger partial charge in [0.1, 0.15) is 0 Å². The van der Waals surface area contributed by atoms with Crippen molar-refractivity contribution in [3.8, 4) is 0 Å². The lowest BCUT2D eigenvalue weighted by Crippen LogP contribution is -2.19. The summed E-state index contributed by atoms with van der Waals surface area (Å²) in [6.45, 7) is 0. The largest absolute Gasteiger partial charge is 0.332 e. The SMILES string of the molecule is O=S(=O)(c1ccc(NC(=S)Nc2ccc(Cl)cc2)cc1)c1ccc(NC(=S)Nc2ccc(Cl)cc2)cc1. The number of thiocarbonyl (C=S) groups is 2. The first-order chi connectivity index (χ1) is 17.7. The van der Waals surface area contributed by atoms with Gasteiger partial charge in [-0.1, -0.05) is 23.2 Å². The van der Waals surface area contributed by atoms with Crippen LogP contribution in [-0.2, 0) is 9.84 Å². The van der Waals surface area contributed by atoms with Gasteiger partial charge in [-0.3, -0.25) is 0 Å². The Morgan fingerprint density at radius 1 is 0.486 bits per heavy atom. The monoisotopic (exact) mass is 586 g/mol. The molecule has 0 saturated carbocycles. The lowest BCUT2D eigenvalue weighted by atomic mass is 10.3. The van der Waals surface area contributed by atoms with Crippen molar-refractivity contribution in [2.24, 2.45) is 0 Å². The highest BCUT2D eigenvalue weighted by Crippen LogP contribution is 2.24. The summed E-state index contributed by atoms with van der Waals surface area (Å²) in [5.41, 5.74) is 2.85. The molecule has 0 aromatic heterocycles. The summed E-state index contributed by atoms with van der Waals surface area (Å²) < 4.78 is 26.2. The van der Waals surface area contributed by atoms with Gasteiger partial charge < -0.3 is 21.3 Å². The van der Waals surface area contributed by atoms with Crippen LogP contribution in [0.25, 0.3) is 0 Å². The molecule has 11 heteroatoms. The zero-order chi connectivity index (χ0) is 26.4. The van der Waals surface area contributed by atoms with Gasteiger partial charge in [-0.05, 0) is 121 Å². The highest BCUT2D eigenvalue weighted by Gasteiger charge is 2.17. The number of benzene rings is 4. The Hall–Kier alpha value is -3.21. The summed E-state index contributed by atoms with van der Waals surface area (Å²) in [4.78, 5) is 0.325. The molecule has 0 heterocycles. The molecule has 0 aliphatic carbocycles. The molecule has 0 atom stereocenters. The summed E-state index contributed by atoms with van der Waals surface area (Å²) in [6.07, 6.45) is 0. The van der Waals surface area contributed by atoms with Crippen molar-refractivity contribution in [2.45, 2.75) is 9.79 Å². The molecule has 0 radical (unpaired) electrons. The van der Waals surface area contributed by atoms with E-state index in [4.69, 9.17) is 47.6 Å². The second-order valence-corrected chi connectivity index (χ2v) is 11.4. The summed E-state index contributed by atoms with van der Waals surface area (Å²) in [6, 6.07) is 26.9. The van der Waals surface area contributed by atoms with E-state index >= 15 is 0 Å². The van der Waals surface area contributed by atoms with E-state index in [1.54, 1.807) is 72.8 Å². The number of rotatable bonds is 6. The molecule has 0 aliphatic rings. The van der Waals surface area contributed by atoms with Crippen LogP contribution in [0.2, 0.25) is 10.0 Å². The fraction of sp³-hybridized carbons (Fsp3) is 0. The third-order valence-corrected chi connectivity index (χ3v) is 7.75. The minimum Gasteiger partial charge on any atom is -0.332 e. The maximum Gasteiger partial charge on any atom is 0.206 e. The van der Waals surface area contributed by atoms with Crippen LogP contribution < -0.4 is 21.3 Å². The Morgan fingerprint density at radius 2 is 0.730 bits per heavy atom. The second kappa shape index (κ2) is 11.9. The van der Waals surface area contributed by atoms with Gasteiger partial charge in [0.15, 0.2) is 10.2 Å². The quantitative estimate of drug-likeness (QED) is 0.173. The molecule has 37 heavy (non-hydrogen) atoms. The Labute approximate surface area is 235 Å². The minimum absolute atomic E-state index is 0.162. The molecule has 4 N–H and O–H groups in total. The van der Waals surface area contributed by atoms with E-state index in [-0.39, 0.29) is 9.79 Å². The molecule has 188 valence electrons. The normalized spacial score (nSPS) is 10.9. The van der Waals surface area contributed by atoms with Crippen molar-refractivity contribution < 1.29 is 8.42 Å². The maximum absolute atomic E-state index is 13.1. The van der Waals surface area contributed by atoms with Crippen molar-refractivity contribution in [1.29, 1.82) is 0 Å². The van der Waals surface area contributed by atoms with E-state index in [0.29, 0.717) is 31.6 Å². The second-order valence-electron chi connectivity index (χ2n) is 7.72. The third kappa shape index (κ3) is 7.41. The topological polar surface area (TPSA) is 82.3 Å². The zero-order valence-corrected chi connectivity index (χ0v) is 23.0. The first-order valence-electron chi connectivity index (χ1n) is 10.8. The molecular formula is C26H20Cl2N4O2S3. The molecule has 6 nitrogen and oxygen atoms in total. The number of sulfone groups is 1. The number of nitrogens with one attached hydrogen (secondary N) is 4. The fourth-order valence-electron chi connectivity index (χ4n) is 3.22. The van der Waals surface area contributed by atoms with E-state index in [1.165, 1.54) is 24.3 Å². The van der Waals surface area contributed by atoms with Crippen LogP contribution in [0.4, 0.5) is 22.7 Å². The molecule has 0 spiro atoms. The lowest BCUT2D eigenvalue weighted by molar-refractivity contribution is 0.596. The van der Waals surface area contributed by atoms with Crippen LogP contribution in [0.15, 0.2) is 107 Å². The van der Waals surface area contributed by atoms with Crippen molar-refractivity contribution >= 4 is 90.4 Å². The van der Waals surface area contributed by atoms with Gasteiger partial charge in [0.25, 0.3) is 0 Å². The molecule has 0 amide bonds. The molecule has 4 rings (SSSR count). The van der Waals surface area contributed by atoms with Gasteiger partial charge in [0.2, 0.25) is 9.84 Å². The number of hydrogen-bond acceptors (Lipinski definition) is 4. The van der Waals surface area contributed by atoms with Crippen LogP contribution in [0.3, 0.4) is 0 Å². The summed E-state index contributed by atoms with van der Waals surface area (Å²) in [7, 11) is -3.71. The first-order valence-corrected chi connectivity index (χ1v) is 13.9. The van der Waals surface area contributed by atoms with E-state index < -0.39 is 9.84 Å². The Kier molecular flexibility index (Phi) is 8.63. The summed E-state index contributed by atoms with van der Waals surface area (Å²) in [5.74, 6) is 0. The molecule has 0 bridgehead atoms. The first kappa shape index (κ1) is 26.8. The van der Waals surface area contributed by atoms with E-state index in [1.807, 2.05) is 0 Å². The van der Waals surface area contributed by atoms with E-state index in [2.05, 4.69) is 21.3 Å². The number of halogens is 2. The van der Waals surface area contributed by atoms with Gasteiger partial charge in [-0.15, -0.1) is 0 Å². The van der Waals surface area contributed by atoms with Crippen LogP contribution in [0.5, 0.6) is 0 Å². The molecule has 0 fully saturated rings. The highest BCUT2D eigenvalue weighted by atomic mass is 35.5. The fourth-order valence-corrected chi connectivity index (χ4v) is 5.21. The molecular weight excluding hydrogens is 567 g/mol. The summed E-state index contributed by atoms with van der Waals surface area (Å²) in [5, 5.41) is 14.1. The average molecular weight is 588 g/mol. The Morgan fingerprint density at radius 3 is 1.00 bits per heavy atom. The smallest absolute Gasteiger partial charge is 0.206 e. The average Bonchev–Trinajstić information content (AvgIpc) is 2.87. The van der Waals surface area contributed by atoms with Crippen molar-refractivity contribution in [3.63, 3.8) is 0 Å². The molecule has 4 aromatic rings. The Balaban J connectivity index is 1.36. The molecule has 4 aromatic carbocycles. The predicted molar refractivity (Wildman–Crippen MR) is 161 cm³/mol. The van der Waals surface area contributed by atoms with Gasteiger partial charge in [0, 0.05) is 32.8 Å². The van der Waals surface area contributed by atoms with Crippen LogP contribution >= 0.6 is 47.6 Å². The third-order valence-electron chi connectivity index (χ3n) is 5.05. The Bertz CT molecular complexity index is 1400. The number of hydrogen-bond donors (Lipinski definition) is 4. The van der Waals surface area contributed by atoms with Crippen molar-refractivity contribution in [1.82, 2.24) is 0 Å². The van der Waals surface area contributed by atoms with Crippen molar-refractivity contribution in [3.05, 3.63) is 107 Å². The van der Waals surface area contributed by atoms with Gasteiger partial charge in [0.05, 0.1) is 9.79 Å². The minimum atomic E-state index is -3.71. The van der Waals surface area contributed by atoms with E-state index in [9.17, 15) is 8.42 Å². The zero-order valence-electron chi connectivity index (χ0n) is 19.0. The van der Waals surface area contributed by atoms with Gasteiger partial charge in [-0.2, -0.15) is 0 Å². The van der Waals surface area contributed by atoms with Gasteiger partial charge >= 0.3 is 0 Å². The molecule has 0 saturated heterocycles. The lowest BCUT2D eigenvalue weighted by Gasteiger charge is -2.12. The predicted octanol–water partition coefficient (Wildman–Crippen LogP) is 7.44. The standard InChI is InChI=1S/C26H20Cl2N4O2S3/c27-17-1-5-19(6-2-17)29-25(35)31-21-9-13-23(14-10-21)37(33,34)24-15-11-22(12-16-24)32-26(36)30-20-7-3-18(28)4-8-20/h1-16H,(H2,29,31,35)(H2,30,32,36). The summed E-state index contributed by atoms with van der Waals surface area (Å²) >= 11 is 22.4. The van der Waals surface area contributed by atoms with Crippen LogP contribution in [-0.4, -0.2) is 18.6 Å². The maximum atomic E-state index is 13.1. The van der Waals surface area contributed by atoms with Crippen LogP contribution in [0, 0.1) is 0 Å².